The topological polar surface area (TPSA) is 55.7 Å². The van der Waals surface area contributed by atoms with Gasteiger partial charge in [0.15, 0.2) is 5.88 Å². The number of nitrogens with zero attached hydrogens (tertiary/aromatic N) is 1. The first kappa shape index (κ1) is 18.3. The fourth-order valence-corrected chi connectivity index (χ4v) is 2.74. The lowest BCUT2D eigenvalue weighted by molar-refractivity contribution is 0.215. The van der Waals surface area contributed by atoms with E-state index in [1.165, 1.54) is 5.57 Å². The van der Waals surface area contributed by atoms with Gasteiger partial charge in [0, 0.05) is 11.8 Å². The van der Waals surface area contributed by atoms with Gasteiger partial charge in [0.05, 0.1) is 12.6 Å². The normalized spacial score (nSPS) is 18.9. The first-order valence-electron chi connectivity index (χ1n) is 8.35. The molecule has 1 aromatic carbocycles. The minimum absolute atomic E-state index is 0.0206. The molecule has 0 saturated carbocycles. The molecule has 0 unspecified atom stereocenters. The van der Waals surface area contributed by atoms with Crippen LogP contribution in [0.4, 0.5) is 0 Å². The van der Waals surface area contributed by atoms with Crippen molar-refractivity contribution in [3.8, 4) is 0 Å². The van der Waals surface area contributed by atoms with Crippen LogP contribution in [-0.4, -0.2) is 48.4 Å². The van der Waals surface area contributed by atoms with E-state index in [1.54, 1.807) is 0 Å². The molecule has 0 fully saturated rings. The number of allylic oxidation sites excluding steroid dienone is 2. The van der Waals surface area contributed by atoms with Gasteiger partial charge < -0.3 is 20.4 Å². The highest BCUT2D eigenvalue weighted by Crippen LogP contribution is 2.15. The van der Waals surface area contributed by atoms with Crippen molar-refractivity contribution in [2.24, 2.45) is 5.92 Å². The van der Waals surface area contributed by atoms with Gasteiger partial charge in [0.1, 0.15) is 0 Å². The second-order valence-electron chi connectivity index (χ2n) is 6.82. The second-order valence-corrected chi connectivity index (χ2v) is 6.82. The summed E-state index contributed by atoms with van der Waals surface area (Å²) >= 11 is 0. The first-order valence-corrected chi connectivity index (χ1v) is 8.35. The summed E-state index contributed by atoms with van der Waals surface area (Å²) in [6.07, 6.45) is 6.34. The van der Waals surface area contributed by atoms with Gasteiger partial charge >= 0.3 is 0 Å². The summed E-state index contributed by atoms with van der Waals surface area (Å²) in [6.45, 7) is 4.89. The minimum atomic E-state index is -0.179. The molecule has 130 valence electrons. The van der Waals surface area contributed by atoms with Crippen molar-refractivity contribution < 1.29 is 10.2 Å². The molecule has 2 rings (SSSR count). The molecule has 0 saturated heterocycles. The number of nitrogens with one attached hydrogen (secondary N) is 1. The zero-order chi connectivity index (χ0) is 17.7. The number of hydrogen-bond acceptors (Lipinski definition) is 4. The number of likely N-dealkylation sites (N-methyl/N-ethyl adjacent to an activating group) is 1. The SMILES string of the molecule is CC(C)[C@@H](CO)N/C(O)=c1/cccc/c1=C1\C=CC(CN(C)C)=C1. The van der Waals surface area contributed by atoms with Gasteiger partial charge in [-0.25, -0.2) is 0 Å². The van der Waals surface area contributed by atoms with E-state index in [-0.39, 0.29) is 24.4 Å². The molecule has 24 heavy (non-hydrogen) atoms. The van der Waals surface area contributed by atoms with Crippen molar-refractivity contribution in [2.45, 2.75) is 19.9 Å². The molecule has 0 aromatic heterocycles. The van der Waals surface area contributed by atoms with Crippen LogP contribution in [0.25, 0.3) is 11.5 Å². The number of aliphatic hydroxyl groups is 2. The summed E-state index contributed by atoms with van der Waals surface area (Å²) in [7, 11) is 4.09. The molecular formula is C20H28N2O2. The highest BCUT2D eigenvalue weighted by atomic mass is 16.3. The lowest BCUT2D eigenvalue weighted by atomic mass is 10.1. The van der Waals surface area contributed by atoms with Crippen molar-refractivity contribution in [1.82, 2.24) is 10.2 Å². The Hall–Kier alpha value is -2.04. The Kier molecular flexibility index (Phi) is 6.23. The second kappa shape index (κ2) is 8.18. The molecule has 0 spiro atoms. The van der Waals surface area contributed by atoms with Crippen molar-refractivity contribution >= 4 is 11.5 Å². The average molecular weight is 328 g/mol. The Balaban J connectivity index is 2.49. The quantitative estimate of drug-likeness (QED) is 0.733. The van der Waals surface area contributed by atoms with E-state index < -0.39 is 0 Å². The Labute approximate surface area is 144 Å². The number of benzene rings is 1. The summed E-state index contributed by atoms with van der Waals surface area (Å²) in [5.41, 5.74) is 2.33. The maximum atomic E-state index is 10.6. The summed E-state index contributed by atoms with van der Waals surface area (Å²) < 4.78 is 0. The van der Waals surface area contributed by atoms with Crippen molar-refractivity contribution in [1.29, 1.82) is 0 Å². The van der Waals surface area contributed by atoms with Crippen LogP contribution in [-0.2, 0) is 0 Å². The molecule has 0 bridgehead atoms. The molecule has 0 aliphatic heterocycles. The predicted octanol–water partition coefficient (Wildman–Crippen LogP) is 1.13. The van der Waals surface area contributed by atoms with E-state index in [9.17, 15) is 10.2 Å². The highest BCUT2D eigenvalue weighted by molar-refractivity contribution is 5.74. The van der Waals surface area contributed by atoms with Crippen molar-refractivity contribution in [2.75, 3.05) is 27.2 Å². The van der Waals surface area contributed by atoms with Gasteiger partial charge in [-0.15, -0.1) is 0 Å². The molecule has 4 nitrogen and oxygen atoms in total. The lowest BCUT2D eigenvalue weighted by Crippen LogP contribution is -2.41. The maximum Gasteiger partial charge on any atom is 0.192 e. The van der Waals surface area contributed by atoms with Crippen LogP contribution in [0, 0.1) is 5.92 Å². The summed E-state index contributed by atoms with van der Waals surface area (Å²) in [6, 6.07) is 7.60. The Morgan fingerprint density at radius 2 is 1.88 bits per heavy atom. The fourth-order valence-electron chi connectivity index (χ4n) is 2.74. The van der Waals surface area contributed by atoms with Gasteiger partial charge in [-0.1, -0.05) is 44.2 Å². The molecule has 1 aliphatic carbocycles. The third kappa shape index (κ3) is 4.49. The molecule has 0 amide bonds. The van der Waals surface area contributed by atoms with Crippen LogP contribution in [0.3, 0.4) is 0 Å². The van der Waals surface area contributed by atoms with Gasteiger partial charge in [-0.2, -0.15) is 0 Å². The minimum Gasteiger partial charge on any atom is -0.494 e. The van der Waals surface area contributed by atoms with Crippen LogP contribution < -0.4 is 15.8 Å². The van der Waals surface area contributed by atoms with Gasteiger partial charge in [-0.3, -0.25) is 0 Å². The first-order chi connectivity index (χ1) is 11.4. The fraction of sp³-hybridized carbons (Fsp3) is 0.400. The standard InChI is InChI=1S/C20H28N2O2/c1-14(2)19(13-23)21-20(24)18-8-6-5-7-17(18)16-10-9-15(11-16)12-22(3)4/h5-11,14,19,21,23-24H,12-13H2,1-4H3/b17-16-,20-18+/t19-/m1/s1. The van der Waals surface area contributed by atoms with Crippen LogP contribution >= 0.6 is 0 Å². The molecule has 3 N–H and O–H groups in total. The predicted molar refractivity (Wildman–Crippen MR) is 99.8 cm³/mol. The molecular weight excluding hydrogens is 300 g/mol. The average Bonchev–Trinajstić information content (AvgIpc) is 2.99. The van der Waals surface area contributed by atoms with Crippen molar-refractivity contribution in [3.05, 3.63) is 58.5 Å². The number of aliphatic hydroxyl groups excluding tert-OH is 2. The maximum absolute atomic E-state index is 10.6. The third-order valence-electron chi connectivity index (χ3n) is 4.13. The summed E-state index contributed by atoms with van der Waals surface area (Å²) in [4.78, 5) is 2.13. The van der Waals surface area contributed by atoms with Crippen LogP contribution in [0.2, 0.25) is 0 Å². The van der Waals surface area contributed by atoms with Crippen molar-refractivity contribution in [3.63, 3.8) is 0 Å². The zero-order valence-electron chi connectivity index (χ0n) is 15.0. The smallest absolute Gasteiger partial charge is 0.192 e. The van der Waals surface area contributed by atoms with Crippen LogP contribution in [0.15, 0.2) is 48.1 Å². The number of rotatable bonds is 6. The van der Waals surface area contributed by atoms with Gasteiger partial charge in [-0.05, 0) is 48.5 Å². The molecule has 1 aliphatic rings. The van der Waals surface area contributed by atoms with E-state index in [1.807, 2.05) is 52.2 Å². The Morgan fingerprint density at radius 1 is 1.17 bits per heavy atom. The van der Waals surface area contributed by atoms with E-state index in [2.05, 4.69) is 28.4 Å². The molecule has 0 radical (unpaired) electrons. The largest absolute Gasteiger partial charge is 0.494 e. The van der Waals surface area contributed by atoms with Crippen LogP contribution in [0.1, 0.15) is 13.8 Å². The van der Waals surface area contributed by atoms with E-state index in [4.69, 9.17) is 0 Å². The molecule has 1 aromatic rings. The number of hydrogen-bond donors (Lipinski definition) is 3. The monoisotopic (exact) mass is 328 g/mol. The Morgan fingerprint density at radius 3 is 2.50 bits per heavy atom. The van der Waals surface area contributed by atoms with E-state index in [0.29, 0.717) is 0 Å². The summed E-state index contributed by atoms with van der Waals surface area (Å²) in [5, 5.41) is 24.8. The summed E-state index contributed by atoms with van der Waals surface area (Å²) in [5.74, 6) is 0.323. The van der Waals surface area contributed by atoms with E-state index >= 15 is 0 Å². The van der Waals surface area contributed by atoms with E-state index in [0.717, 1.165) is 22.6 Å². The zero-order valence-corrected chi connectivity index (χ0v) is 15.0. The highest BCUT2D eigenvalue weighted by Gasteiger charge is 2.13. The molecule has 1 atom stereocenters. The van der Waals surface area contributed by atoms with Gasteiger partial charge in [0.25, 0.3) is 0 Å². The Bertz CT molecular complexity index is 745. The third-order valence-corrected chi connectivity index (χ3v) is 4.13. The van der Waals surface area contributed by atoms with Crippen LogP contribution in [0.5, 0.6) is 0 Å². The molecule has 0 heterocycles. The lowest BCUT2D eigenvalue weighted by Gasteiger charge is -2.20. The molecule has 4 heteroatoms. The van der Waals surface area contributed by atoms with Gasteiger partial charge in [0.2, 0.25) is 0 Å².